The van der Waals surface area contributed by atoms with Crippen molar-refractivity contribution in [2.45, 2.75) is 71.6 Å². The van der Waals surface area contributed by atoms with Gasteiger partial charge in [0.2, 0.25) is 0 Å². The number of nitrogens with zero attached hydrogens (tertiary/aromatic N) is 1. The fraction of sp³-hybridized carbons (Fsp3) is 0.500. The van der Waals surface area contributed by atoms with Gasteiger partial charge in [-0.05, 0) is 55.9 Å². The summed E-state index contributed by atoms with van der Waals surface area (Å²) in [6, 6.07) is 15.4. The molecule has 0 unspecified atom stereocenters. The van der Waals surface area contributed by atoms with Crippen LogP contribution in [0.2, 0.25) is 0 Å². The van der Waals surface area contributed by atoms with Crippen LogP contribution in [0.5, 0.6) is 0 Å². The van der Waals surface area contributed by atoms with E-state index >= 15 is 0 Å². The molecule has 0 saturated heterocycles. The minimum atomic E-state index is 0.218. The van der Waals surface area contributed by atoms with Crippen molar-refractivity contribution >= 4 is 0 Å². The van der Waals surface area contributed by atoms with E-state index in [1.807, 2.05) is 0 Å². The van der Waals surface area contributed by atoms with Crippen molar-refractivity contribution < 1.29 is 0 Å². The van der Waals surface area contributed by atoms with Crippen LogP contribution in [0.1, 0.15) is 71.1 Å². The van der Waals surface area contributed by atoms with Crippen LogP contribution in [0.3, 0.4) is 0 Å². The summed E-state index contributed by atoms with van der Waals surface area (Å²) in [6.45, 7) is 9.10. The van der Waals surface area contributed by atoms with Crippen LogP contribution in [0.25, 0.3) is 11.3 Å². The number of pyridine rings is 1. The third-order valence-corrected chi connectivity index (χ3v) is 5.36. The maximum Gasteiger partial charge on any atom is 0.0705 e. The molecule has 1 nitrogen and oxygen atoms in total. The topological polar surface area (TPSA) is 12.9 Å². The largest absolute Gasteiger partial charge is 0.252 e. The Balaban J connectivity index is 2.36. The Morgan fingerprint density at radius 1 is 0.870 bits per heavy atom. The van der Waals surface area contributed by atoms with E-state index in [9.17, 15) is 0 Å². The summed E-state index contributed by atoms with van der Waals surface area (Å²) < 4.78 is 0. The van der Waals surface area contributed by atoms with Crippen LogP contribution in [0, 0.1) is 0 Å². The standard InChI is InChI=1S/C22H31N/c1-5-9-12-18-13-10-14-19(17-18)20-15-11-16-21(23-20)22(6-2,7-3)8-4/h10-11,13-17H,5-9,12H2,1-4H3. The predicted octanol–water partition coefficient (Wildman–Crippen LogP) is 6.56. The van der Waals surface area contributed by atoms with Crippen molar-refractivity contribution in [1.82, 2.24) is 4.98 Å². The smallest absolute Gasteiger partial charge is 0.0705 e. The first kappa shape index (κ1) is 17.7. The normalized spacial score (nSPS) is 11.7. The molecule has 1 aromatic carbocycles. The SMILES string of the molecule is CCCCc1cccc(-c2cccc(C(CC)(CC)CC)n2)c1. The lowest BCUT2D eigenvalue weighted by Crippen LogP contribution is -2.24. The van der Waals surface area contributed by atoms with Crippen LogP contribution in [-0.2, 0) is 11.8 Å². The van der Waals surface area contributed by atoms with Crippen LogP contribution < -0.4 is 0 Å². The van der Waals surface area contributed by atoms with Crippen molar-refractivity contribution in [3.63, 3.8) is 0 Å². The number of aryl methyl sites for hydroxylation is 1. The van der Waals surface area contributed by atoms with E-state index in [-0.39, 0.29) is 5.41 Å². The van der Waals surface area contributed by atoms with Gasteiger partial charge in [-0.3, -0.25) is 4.98 Å². The van der Waals surface area contributed by atoms with E-state index in [2.05, 4.69) is 70.2 Å². The first-order valence-electron chi connectivity index (χ1n) is 9.26. The van der Waals surface area contributed by atoms with E-state index in [1.54, 1.807) is 0 Å². The van der Waals surface area contributed by atoms with Gasteiger partial charge < -0.3 is 0 Å². The molecule has 1 heteroatoms. The minimum absolute atomic E-state index is 0.218. The van der Waals surface area contributed by atoms with Gasteiger partial charge in [-0.15, -0.1) is 0 Å². The Hall–Kier alpha value is -1.63. The molecule has 0 fully saturated rings. The van der Waals surface area contributed by atoms with Gasteiger partial charge in [-0.2, -0.15) is 0 Å². The van der Waals surface area contributed by atoms with Crippen LogP contribution in [0.4, 0.5) is 0 Å². The first-order chi connectivity index (χ1) is 11.2. The molecule has 124 valence electrons. The first-order valence-corrected chi connectivity index (χ1v) is 9.26. The summed E-state index contributed by atoms with van der Waals surface area (Å²) in [4.78, 5) is 5.05. The lowest BCUT2D eigenvalue weighted by Gasteiger charge is -2.30. The molecule has 1 aromatic heterocycles. The number of aromatic nitrogens is 1. The van der Waals surface area contributed by atoms with Crippen molar-refractivity contribution in [3.8, 4) is 11.3 Å². The fourth-order valence-corrected chi connectivity index (χ4v) is 3.45. The zero-order valence-electron chi connectivity index (χ0n) is 15.2. The fourth-order valence-electron chi connectivity index (χ4n) is 3.45. The Morgan fingerprint density at radius 2 is 1.57 bits per heavy atom. The molecule has 23 heavy (non-hydrogen) atoms. The molecule has 0 radical (unpaired) electrons. The third-order valence-electron chi connectivity index (χ3n) is 5.36. The highest BCUT2D eigenvalue weighted by Gasteiger charge is 2.27. The zero-order chi connectivity index (χ0) is 16.7. The highest BCUT2D eigenvalue weighted by Crippen LogP contribution is 2.34. The molecule has 0 aliphatic rings. The average Bonchev–Trinajstić information content (AvgIpc) is 2.62. The van der Waals surface area contributed by atoms with E-state index in [4.69, 9.17) is 4.98 Å². The van der Waals surface area contributed by atoms with Crippen molar-refractivity contribution in [2.24, 2.45) is 0 Å². The van der Waals surface area contributed by atoms with Crippen LogP contribution in [-0.4, -0.2) is 4.98 Å². The maximum absolute atomic E-state index is 5.05. The Bertz CT molecular complexity index is 603. The number of hydrogen-bond acceptors (Lipinski definition) is 1. The molecule has 2 rings (SSSR count). The molecule has 0 aliphatic heterocycles. The third kappa shape index (κ3) is 4.02. The molecule has 0 bridgehead atoms. The monoisotopic (exact) mass is 309 g/mol. The van der Waals surface area contributed by atoms with E-state index in [0.29, 0.717) is 0 Å². The van der Waals surface area contributed by atoms with Gasteiger partial charge in [-0.1, -0.05) is 58.4 Å². The summed E-state index contributed by atoms with van der Waals surface area (Å²) in [7, 11) is 0. The summed E-state index contributed by atoms with van der Waals surface area (Å²) in [5, 5.41) is 0. The number of rotatable bonds is 8. The van der Waals surface area contributed by atoms with Gasteiger partial charge in [0.1, 0.15) is 0 Å². The molecule has 0 amide bonds. The predicted molar refractivity (Wildman–Crippen MR) is 101 cm³/mol. The van der Waals surface area contributed by atoms with Crippen molar-refractivity contribution in [3.05, 3.63) is 53.7 Å². The molecular formula is C22H31N. The molecule has 2 aromatic rings. The second-order valence-electron chi connectivity index (χ2n) is 6.55. The lowest BCUT2D eigenvalue weighted by atomic mass is 9.76. The number of hydrogen-bond donors (Lipinski definition) is 0. The second kappa shape index (κ2) is 8.29. The summed E-state index contributed by atoms with van der Waals surface area (Å²) >= 11 is 0. The van der Waals surface area contributed by atoms with Crippen molar-refractivity contribution in [1.29, 1.82) is 0 Å². The van der Waals surface area contributed by atoms with Gasteiger partial charge >= 0.3 is 0 Å². The summed E-state index contributed by atoms with van der Waals surface area (Å²) in [5.74, 6) is 0. The van der Waals surface area contributed by atoms with E-state index < -0.39 is 0 Å². The van der Waals surface area contributed by atoms with Gasteiger partial charge in [0.05, 0.1) is 5.69 Å². The molecule has 0 aliphatic carbocycles. The number of benzene rings is 1. The summed E-state index contributed by atoms with van der Waals surface area (Å²) in [6.07, 6.45) is 7.09. The highest BCUT2D eigenvalue weighted by molar-refractivity contribution is 5.60. The molecular weight excluding hydrogens is 278 g/mol. The highest BCUT2D eigenvalue weighted by atomic mass is 14.7. The second-order valence-corrected chi connectivity index (χ2v) is 6.55. The zero-order valence-corrected chi connectivity index (χ0v) is 15.2. The average molecular weight is 309 g/mol. The van der Waals surface area contributed by atoms with Crippen molar-refractivity contribution in [2.75, 3.05) is 0 Å². The maximum atomic E-state index is 5.05. The van der Waals surface area contributed by atoms with Gasteiger partial charge in [0.25, 0.3) is 0 Å². The number of unbranched alkanes of at least 4 members (excludes halogenated alkanes) is 1. The van der Waals surface area contributed by atoms with Gasteiger partial charge in [-0.25, -0.2) is 0 Å². The molecule has 1 heterocycles. The lowest BCUT2D eigenvalue weighted by molar-refractivity contribution is 0.371. The quantitative estimate of drug-likeness (QED) is 0.538. The Kier molecular flexibility index (Phi) is 6.38. The molecule has 0 atom stereocenters. The van der Waals surface area contributed by atoms with Crippen LogP contribution in [0.15, 0.2) is 42.5 Å². The molecule has 0 N–H and O–H groups in total. The minimum Gasteiger partial charge on any atom is -0.252 e. The van der Waals surface area contributed by atoms with Gasteiger partial charge in [0, 0.05) is 16.7 Å². The summed E-state index contributed by atoms with van der Waals surface area (Å²) in [5.41, 5.74) is 5.25. The van der Waals surface area contributed by atoms with E-state index in [0.717, 1.165) is 31.4 Å². The van der Waals surface area contributed by atoms with Crippen LogP contribution >= 0.6 is 0 Å². The molecule has 0 spiro atoms. The Morgan fingerprint density at radius 3 is 2.22 bits per heavy atom. The Labute approximate surface area is 142 Å². The van der Waals surface area contributed by atoms with E-state index in [1.165, 1.54) is 29.7 Å². The molecule has 0 saturated carbocycles. The van der Waals surface area contributed by atoms with Gasteiger partial charge in [0.15, 0.2) is 0 Å².